The summed E-state index contributed by atoms with van der Waals surface area (Å²) in [7, 11) is 0. The molecule has 0 aliphatic carbocycles. The van der Waals surface area contributed by atoms with Gasteiger partial charge in [-0.05, 0) is 41.5 Å². The summed E-state index contributed by atoms with van der Waals surface area (Å²) >= 11 is 3.18. The van der Waals surface area contributed by atoms with Crippen LogP contribution in [0.15, 0.2) is 83.8 Å². The Morgan fingerprint density at radius 3 is 2.30 bits per heavy atom. The third kappa shape index (κ3) is 6.45. The van der Waals surface area contributed by atoms with E-state index < -0.39 is 0 Å². The number of carbonyl (C=O) groups is 1. The molecule has 0 atom stereocenters. The highest BCUT2D eigenvalue weighted by Crippen LogP contribution is 2.23. The molecule has 0 radical (unpaired) electrons. The van der Waals surface area contributed by atoms with Crippen LogP contribution >= 0.6 is 23.5 Å². The van der Waals surface area contributed by atoms with Crippen molar-refractivity contribution >= 4 is 35.1 Å². The SMILES string of the molecule is O=C(CSCc1ccccc1F)Nc1ccc(CSc2ccccc2)cc1. The summed E-state index contributed by atoms with van der Waals surface area (Å²) in [6, 6.07) is 24.8. The van der Waals surface area contributed by atoms with Crippen molar-refractivity contribution in [1.29, 1.82) is 0 Å². The van der Waals surface area contributed by atoms with Gasteiger partial charge in [0.05, 0.1) is 5.75 Å². The second-order valence-electron chi connectivity index (χ2n) is 5.93. The molecule has 3 rings (SSSR count). The van der Waals surface area contributed by atoms with Gasteiger partial charge < -0.3 is 5.32 Å². The summed E-state index contributed by atoms with van der Waals surface area (Å²) in [5.41, 5.74) is 2.60. The highest BCUT2D eigenvalue weighted by molar-refractivity contribution is 7.99. The van der Waals surface area contributed by atoms with Gasteiger partial charge in [0, 0.05) is 22.1 Å². The number of hydrogen-bond acceptors (Lipinski definition) is 3. The van der Waals surface area contributed by atoms with Crippen molar-refractivity contribution in [3.63, 3.8) is 0 Å². The molecule has 3 aromatic rings. The number of anilines is 1. The van der Waals surface area contributed by atoms with Gasteiger partial charge in [-0.3, -0.25) is 4.79 Å². The topological polar surface area (TPSA) is 29.1 Å². The lowest BCUT2D eigenvalue weighted by Gasteiger charge is -2.07. The van der Waals surface area contributed by atoms with Crippen molar-refractivity contribution in [2.75, 3.05) is 11.1 Å². The third-order valence-electron chi connectivity index (χ3n) is 3.83. The predicted octanol–water partition coefficient (Wildman–Crippen LogP) is 5.99. The van der Waals surface area contributed by atoms with Gasteiger partial charge in [-0.2, -0.15) is 0 Å². The molecule has 1 N–H and O–H groups in total. The molecule has 27 heavy (non-hydrogen) atoms. The summed E-state index contributed by atoms with van der Waals surface area (Å²) in [6.45, 7) is 0. The zero-order valence-electron chi connectivity index (χ0n) is 14.7. The molecular formula is C22H20FNOS2. The van der Waals surface area contributed by atoms with Crippen molar-refractivity contribution in [2.45, 2.75) is 16.4 Å². The normalized spacial score (nSPS) is 10.6. The number of benzene rings is 3. The van der Waals surface area contributed by atoms with Gasteiger partial charge in [-0.25, -0.2) is 4.39 Å². The maximum atomic E-state index is 13.6. The average Bonchev–Trinajstić information content (AvgIpc) is 2.70. The van der Waals surface area contributed by atoms with Crippen molar-refractivity contribution in [3.05, 3.63) is 95.8 Å². The van der Waals surface area contributed by atoms with E-state index in [1.165, 1.54) is 28.3 Å². The number of halogens is 1. The molecule has 0 aliphatic heterocycles. The monoisotopic (exact) mass is 397 g/mol. The average molecular weight is 398 g/mol. The minimum Gasteiger partial charge on any atom is -0.325 e. The van der Waals surface area contributed by atoms with Gasteiger partial charge in [-0.15, -0.1) is 23.5 Å². The van der Waals surface area contributed by atoms with E-state index in [2.05, 4.69) is 17.4 Å². The van der Waals surface area contributed by atoms with E-state index in [1.54, 1.807) is 30.0 Å². The fourth-order valence-electron chi connectivity index (χ4n) is 2.43. The van der Waals surface area contributed by atoms with Crippen LogP contribution < -0.4 is 5.32 Å². The zero-order valence-corrected chi connectivity index (χ0v) is 16.4. The summed E-state index contributed by atoms with van der Waals surface area (Å²) in [4.78, 5) is 13.3. The maximum absolute atomic E-state index is 13.6. The van der Waals surface area contributed by atoms with Gasteiger partial charge in [-0.1, -0.05) is 48.5 Å². The summed E-state index contributed by atoms with van der Waals surface area (Å²) in [6.07, 6.45) is 0. The Morgan fingerprint density at radius 2 is 1.56 bits per heavy atom. The lowest BCUT2D eigenvalue weighted by Crippen LogP contribution is -2.14. The molecule has 3 aromatic carbocycles. The van der Waals surface area contributed by atoms with Crippen LogP contribution in [-0.4, -0.2) is 11.7 Å². The van der Waals surface area contributed by atoms with E-state index in [0.717, 1.165) is 11.4 Å². The molecule has 138 valence electrons. The van der Waals surface area contributed by atoms with Gasteiger partial charge in [0.15, 0.2) is 0 Å². The van der Waals surface area contributed by atoms with Crippen LogP contribution in [-0.2, 0) is 16.3 Å². The van der Waals surface area contributed by atoms with E-state index in [-0.39, 0.29) is 11.7 Å². The Kier molecular flexibility index (Phi) is 7.36. The quantitative estimate of drug-likeness (QED) is 0.473. The lowest BCUT2D eigenvalue weighted by molar-refractivity contribution is -0.113. The van der Waals surface area contributed by atoms with Crippen molar-refractivity contribution in [1.82, 2.24) is 0 Å². The van der Waals surface area contributed by atoms with Crippen LogP contribution in [0.25, 0.3) is 0 Å². The second kappa shape index (κ2) is 10.2. The first-order chi connectivity index (χ1) is 13.2. The van der Waals surface area contributed by atoms with Gasteiger partial charge >= 0.3 is 0 Å². The predicted molar refractivity (Wildman–Crippen MR) is 114 cm³/mol. The Hall–Kier alpha value is -2.24. The molecule has 0 spiro atoms. The number of thioether (sulfide) groups is 2. The first-order valence-electron chi connectivity index (χ1n) is 8.58. The molecule has 0 fully saturated rings. The lowest BCUT2D eigenvalue weighted by atomic mass is 10.2. The standard InChI is InChI=1S/C22H20FNOS2/c23-21-9-5-4-6-18(21)15-26-16-22(25)24-19-12-10-17(11-13-19)14-27-20-7-2-1-3-8-20/h1-13H,14-16H2,(H,24,25). The van der Waals surface area contributed by atoms with Crippen molar-refractivity contribution in [3.8, 4) is 0 Å². The van der Waals surface area contributed by atoms with Crippen molar-refractivity contribution < 1.29 is 9.18 Å². The third-order valence-corrected chi connectivity index (χ3v) is 5.90. The number of rotatable bonds is 8. The smallest absolute Gasteiger partial charge is 0.234 e. The Morgan fingerprint density at radius 1 is 0.852 bits per heavy atom. The van der Waals surface area contributed by atoms with Gasteiger partial charge in [0.2, 0.25) is 5.91 Å². The van der Waals surface area contributed by atoms with Crippen LogP contribution in [0.2, 0.25) is 0 Å². The molecule has 0 bridgehead atoms. The molecule has 0 saturated carbocycles. The van der Waals surface area contributed by atoms with Gasteiger partial charge in [0.25, 0.3) is 0 Å². The second-order valence-corrected chi connectivity index (χ2v) is 7.97. The van der Waals surface area contributed by atoms with Crippen molar-refractivity contribution in [2.24, 2.45) is 0 Å². The maximum Gasteiger partial charge on any atom is 0.234 e. The van der Waals surface area contributed by atoms with Gasteiger partial charge in [0.1, 0.15) is 5.82 Å². The molecule has 1 amide bonds. The Labute approximate surface area is 167 Å². The molecule has 0 heterocycles. The molecule has 0 unspecified atom stereocenters. The molecule has 0 aromatic heterocycles. The number of hydrogen-bond donors (Lipinski definition) is 1. The molecule has 2 nitrogen and oxygen atoms in total. The van der Waals surface area contributed by atoms with E-state index in [1.807, 2.05) is 42.5 Å². The van der Waals surface area contributed by atoms with Crippen LogP contribution in [0.5, 0.6) is 0 Å². The highest BCUT2D eigenvalue weighted by Gasteiger charge is 2.06. The Bertz CT molecular complexity index is 869. The first kappa shape index (κ1) is 19.5. The van der Waals surface area contributed by atoms with Crippen LogP contribution in [0.4, 0.5) is 10.1 Å². The highest BCUT2D eigenvalue weighted by atomic mass is 32.2. The molecule has 0 aliphatic rings. The Balaban J connectivity index is 1.42. The van der Waals surface area contributed by atoms with E-state index in [9.17, 15) is 9.18 Å². The largest absolute Gasteiger partial charge is 0.325 e. The van der Waals surface area contributed by atoms with Crippen LogP contribution in [0, 0.1) is 5.82 Å². The first-order valence-corrected chi connectivity index (χ1v) is 10.7. The minimum atomic E-state index is -0.227. The summed E-state index contributed by atoms with van der Waals surface area (Å²) in [5, 5.41) is 2.88. The minimum absolute atomic E-state index is 0.0808. The van der Waals surface area contributed by atoms with Crippen LogP contribution in [0.1, 0.15) is 11.1 Å². The number of amides is 1. The number of carbonyl (C=O) groups excluding carboxylic acids is 1. The number of nitrogens with one attached hydrogen (secondary N) is 1. The molecule has 5 heteroatoms. The van der Waals surface area contributed by atoms with E-state index in [4.69, 9.17) is 0 Å². The molecule has 0 saturated heterocycles. The summed E-state index contributed by atoms with van der Waals surface area (Å²) in [5.74, 6) is 1.35. The molecular weight excluding hydrogens is 377 g/mol. The zero-order chi connectivity index (χ0) is 18.9. The summed E-state index contributed by atoms with van der Waals surface area (Å²) < 4.78 is 13.6. The van der Waals surface area contributed by atoms with E-state index in [0.29, 0.717) is 17.1 Å². The van der Waals surface area contributed by atoms with E-state index >= 15 is 0 Å². The fraction of sp³-hybridized carbons (Fsp3) is 0.136. The fourth-order valence-corrected chi connectivity index (χ4v) is 4.12. The van der Waals surface area contributed by atoms with Crippen LogP contribution in [0.3, 0.4) is 0 Å².